The number of hydrogen-bond donors (Lipinski definition) is 0. The van der Waals surface area contributed by atoms with Crippen LogP contribution in [0.25, 0.3) is 20.9 Å². The number of hydrogen-bond acceptors (Lipinski definition) is 1. The van der Waals surface area contributed by atoms with Gasteiger partial charge in [-0.05, 0) is 0 Å². The average Bonchev–Trinajstić information content (AvgIpc) is 2.93. The second-order valence-electron chi connectivity index (χ2n) is 5.47. The number of benzene rings is 1. The Morgan fingerprint density at radius 1 is 1.20 bits per heavy atom. The van der Waals surface area contributed by atoms with Crippen molar-refractivity contribution in [1.29, 1.82) is 0 Å². The van der Waals surface area contributed by atoms with Crippen LogP contribution in [0.1, 0.15) is 37.3 Å². The first-order valence-electron chi connectivity index (χ1n) is 7.12. The molecule has 1 aromatic carbocycles. The molecule has 0 spiro atoms. The molecule has 0 fully saturated rings. The van der Waals surface area contributed by atoms with Crippen LogP contribution in [0.15, 0.2) is 41.5 Å². The summed E-state index contributed by atoms with van der Waals surface area (Å²) < 4.78 is 1.40. The molecule has 0 aliphatic rings. The van der Waals surface area contributed by atoms with E-state index in [1.165, 1.54) is 32.8 Å². The van der Waals surface area contributed by atoms with E-state index < -0.39 is 0 Å². The van der Waals surface area contributed by atoms with E-state index in [1.807, 2.05) is 0 Å². The van der Waals surface area contributed by atoms with Crippen LogP contribution in [0.5, 0.6) is 0 Å². The van der Waals surface area contributed by atoms with Crippen LogP contribution < -0.4 is 0 Å². The maximum absolute atomic E-state index is 4.66. The molecule has 0 aliphatic heterocycles. The molecule has 0 saturated heterocycles. The normalized spacial score (nSPS) is 12.8. The summed E-state index contributed by atoms with van der Waals surface area (Å²) in [6.07, 6.45) is 3.22. The van der Waals surface area contributed by atoms with Gasteiger partial charge in [0, 0.05) is 0 Å². The molecule has 1 nitrogen and oxygen atoms in total. The van der Waals surface area contributed by atoms with Gasteiger partial charge in [0.2, 0.25) is 0 Å². The first kappa shape index (κ1) is 13.6. The van der Waals surface area contributed by atoms with Crippen LogP contribution in [0.4, 0.5) is 0 Å². The van der Waals surface area contributed by atoms with Gasteiger partial charge in [0.1, 0.15) is 0 Å². The van der Waals surface area contributed by atoms with Crippen LogP contribution in [-0.4, -0.2) is 19.5 Å². The zero-order valence-corrected chi connectivity index (χ0v) is 13.9. The summed E-state index contributed by atoms with van der Waals surface area (Å²) in [5, 5.41) is 1.35. The minimum absolute atomic E-state index is 0.482. The quantitative estimate of drug-likeness (QED) is 0.631. The SMILES string of the molecule is CCC(C)c1cc(C)cc(-c2cc3cc[se]c3cn2)c1. The summed E-state index contributed by atoms with van der Waals surface area (Å²) in [5.41, 5.74) is 5.08. The van der Waals surface area contributed by atoms with E-state index in [1.54, 1.807) is 0 Å². The summed E-state index contributed by atoms with van der Waals surface area (Å²) in [4.78, 5) is 6.93. The van der Waals surface area contributed by atoms with Crippen molar-refractivity contribution in [2.75, 3.05) is 0 Å². The predicted molar refractivity (Wildman–Crippen MR) is 87.6 cm³/mol. The van der Waals surface area contributed by atoms with Crippen LogP contribution in [-0.2, 0) is 0 Å². The molecule has 0 radical (unpaired) electrons. The van der Waals surface area contributed by atoms with Crippen LogP contribution in [0, 0.1) is 6.92 Å². The number of rotatable bonds is 3. The summed E-state index contributed by atoms with van der Waals surface area (Å²) in [6, 6.07) is 11.3. The zero-order chi connectivity index (χ0) is 14.1. The number of fused-ring (bicyclic) bond motifs is 1. The number of aromatic nitrogens is 1. The first-order valence-corrected chi connectivity index (χ1v) is 8.97. The van der Waals surface area contributed by atoms with Gasteiger partial charge in [0.25, 0.3) is 0 Å². The predicted octanol–water partition coefficient (Wildman–Crippen LogP) is 4.78. The van der Waals surface area contributed by atoms with Gasteiger partial charge >= 0.3 is 126 Å². The van der Waals surface area contributed by atoms with Gasteiger partial charge < -0.3 is 0 Å². The second kappa shape index (κ2) is 5.55. The van der Waals surface area contributed by atoms with Crippen molar-refractivity contribution in [3.05, 3.63) is 52.6 Å². The third-order valence-corrected chi connectivity index (χ3v) is 5.74. The molecule has 0 aliphatic carbocycles. The Morgan fingerprint density at radius 2 is 2.05 bits per heavy atom. The summed E-state index contributed by atoms with van der Waals surface area (Å²) in [5.74, 6) is 0.603. The molecular formula is C18H19NSe. The minimum atomic E-state index is 0.482. The second-order valence-corrected chi connectivity index (χ2v) is 7.46. The fourth-order valence-corrected chi connectivity index (χ4v) is 4.05. The van der Waals surface area contributed by atoms with E-state index in [2.05, 4.69) is 67.2 Å². The topological polar surface area (TPSA) is 12.9 Å². The summed E-state index contributed by atoms with van der Waals surface area (Å²) in [7, 11) is 0. The van der Waals surface area contributed by atoms with Crippen LogP contribution in [0.2, 0.25) is 0 Å². The number of aryl methyl sites for hydroxylation is 1. The Kier molecular flexibility index (Phi) is 3.78. The van der Waals surface area contributed by atoms with Gasteiger partial charge in [-0.2, -0.15) is 0 Å². The molecule has 102 valence electrons. The van der Waals surface area contributed by atoms with Gasteiger partial charge in [0.15, 0.2) is 0 Å². The molecular weight excluding hydrogens is 309 g/mol. The molecule has 2 heteroatoms. The molecule has 0 N–H and O–H groups in total. The molecule has 1 unspecified atom stereocenters. The molecule has 0 saturated carbocycles. The van der Waals surface area contributed by atoms with Crippen LogP contribution >= 0.6 is 0 Å². The molecule has 1 atom stereocenters. The monoisotopic (exact) mass is 329 g/mol. The van der Waals surface area contributed by atoms with Gasteiger partial charge in [-0.15, -0.1) is 0 Å². The Balaban J connectivity index is 2.10. The van der Waals surface area contributed by atoms with Crippen molar-refractivity contribution < 1.29 is 0 Å². The fraction of sp³-hybridized carbons (Fsp3) is 0.278. The zero-order valence-electron chi connectivity index (χ0n) is 12.2. The first-order chi connectivity index (χ1) is 9.67. The molecule has 2 aromatic heterocycles. The number of nitrogens with zero attached hydrogens (tertiary/aromatic N) is 1. The van der Waals surface area contributed by atoms with E-state index in [9.17, 15) is 0 Å². The average molecular weight is 328 g/mol. The van der Waals surface area contributed by atoms with Crippen molar-refractivity contribution in [3.8, 4) is 11.3 Å². The molecule has 20 heavy (non-hydrogen) atoms. The fourth-order valence-electron chi connectivity index (χ4n) is 2.51. The van der Waals surface area contributed by atoms with E-state index in [0.29, 0.717) is 20.4 Å². The Morgan fingerprint density at radius 3 is 2.85 bits per heavy atom. The molecule has 2 heterocycles. The van der Waals surface area contributed by atoms with E-state index >= 15 is 0 Å². The van der Waals surface area contributed by atoms with Crippen molar-refractivity contribution >= 4 is 24.1 Å². The Labute approximate surface area is 126 Å². The van der Waals surface area contributed by atoms with Gasteiger partial charge in [-0.1, -0.05) is 0 Å². The number of pyridine rings is 1. The molecule has 3 aromatic rings. The van der Waals surface area contributed by atoms with Crippen molar-refractivity contribution in [1.82, 2.24) is 4.98 Å². The van der Waals surface area contributed by atoms with E-state index in [-0.39, 0.29) is 0 Å². The summed E-state index contributed by atoms with van der Waals surface area (Å²) in [6.45, 7) is 6.71. The Bertz CT molecular complexity index is 742. The van der Waals surface area contributed by atoms with E-state index in [0.717, 1.165) is 5.69 Å². The van der Waals surface area contributed by atoms with E-state index in [4.69, 9.17) is 0 Å². The van der Waals surface area contributed by atoms with Gasteiger partial charge in [-0.25, -0.2) is 0 Å². The standard InChI is InChI=1S/C18H19NSe/c1-4-13(3)15-7-12(2)8-16(9-15)17-10-14-5-6-20-18(14)11-19-17/h5-11,13H,4H2,1-3H3. The third-order valence-electron chi connectivity index (χ3n) is 3.92. The maximum atomic E-state index is 4.66. The van der Waals surface area contributed by atoms with Gasteiger partial charge in [-0.3, -0.25) is 0 Å². The molecule has 0 bridgehead atoms. The van der Waals surface area contributed by atoms with Crippen molar-refractivity contribution in [2.45, 2.75) is 33.1 Å². The summed E-state index contributed by atoms with van der Waals surface area (Å²) >= 11 is 0.482. The van der Waals surface area contributed by atoms with Crippen molar-refractivity contribution in [3.63, 3.8) is 0 Å². The molecule has 0 amide bonds. The van der Waals surface area contributed by atoms with Gasteiger partial charge in [0.05, 0.1) is 0 Å². The van der Waals surface area contributed by atoms with Crippen LogP contribution in [0.3, 0.4) is 0 Å². The third kappa shape index (κ3) is 2.59. The van der Waals surface area contributed by atoms with Crippen molar-refractivity contribution in [2.24, 2.45) is 0 Å². The Hall–Kier alpha value is -1.37. The molecule has 3 rings (SSSR count).